The predicted octanol–water partition coefficient (Wildman–Crippen LogP) is 4.57. The van der Waals surface area contributed by atoms with Crippen molar-refractivity contribution in [1.29, 1.82) is 0 Å². The zero-order valence-corrected chi connectivity index (χ0v) is 16.8. The normalized spacial score (nSPS) is 22.1. The van der Waals surface area contributed by atoms with Gasteiger partial charge in [0, 0.05) is 19.5 Å². The molecule has 2 aliphatic heterocycles. The van der Waals surface area contributed by atoms with Crippen molar-refractivity contribution in [3.63, 3.8) is 0 Å². The molecule has 1 aromatic heterocycles. The van der Waals surface area contributed by atoms with E-state index in [0.29, 0.717) is 24.4 Å². The van der Waals surface area contributed by atoms with Crippen LogP contribution >= 0.6 is 0 Å². The van der Waals surface area contributed by atoms with Crippen LogP contribution < -0.4 is 10.1 Å². The van der Waals surface area contributed by atoms with Crippen LogP contribution in [0.5, 0.6) is 5.75 Å². The standard InChI is InChI=1S/C21H25F3N4O2/c1-30-15-8-6-7-14(11-15)17-12-18(21(22,23)24)28-19(26-17)16(13-25-28)20(29)27-9-4-2-3-5-10-27/h6-8,11,13,17-18,26H,2-5,9-10,12H2,1H3/t17-,18-/m1/s1. The van der Waals surface area contributed by atoms with Gasteiger partial charge >= 0.3 is 6.18 Å². The van der Waals surface area contributed by atoms with Gasteiger partial charge in [-0.05, 0) is 30.5 Å². The number of benzene rings is 1. The Bertz CT molecular complexity index is 904. The van der Waals surface area contributed by atoms with Crippen molar-refractivity contribution >= 4 is 11.7 Å². The maximum absolute atomic E-state index is 13.9. The van der Waals surface area contributed by atoms with Gasteiger partial charge in [-0.15, -0.1) is 0 Å². The summed E-state index contributed by atoms with van der Waals surface area (Å²) in [5.41, 5.74) is 0.864. The number of methoxy groups -OCH3 is 1. The molecule has 162 valence electrons. The third-order valence-corrected chi connectivity index (χ3v) is 5.86. The van der Waals surface area contributed by atoms with Gasteiger partial charge in [0.25, 0.3) is 5.91 Å². The maximum Gasteiger partial charge on any atom is 0.410 e. The summed E-state index contributed by atoms with van der Waals surface area (Å²) in [5.74, 6) is 0.432. The van der Waals surface area contributed by atoms with Crippen molar-refractivity contribution in [2.75, 3.05) is 25.5 Å². The summed E-state index contributed by atoms with van der Waals surface area (Å²) in [6.07, 6.45) is 0.485. The fourth-order valence-electron chi connectivity index (χ4n) is 4.24. The van der Waals surface area contributed by atoms with Crippen LogP contribution in [0.2, 0.25) is 0 Å². The number of fused-ring (bicyclic) bond motifs is 1. The van der Waals surface area contributed by atoms with Gasteiger partial charge in [0.2, 0.25) is 0 Å². The number of halogens is 3. The molecule has 0 bridgehead atoms. The van der Waals surface area contributed by atoms with E-state index in [2.05, 4.69) is 10.4 Å². The van der Waals surface area contributed by atoms with Gasteiger partial charge in [-0.1, -0.05) is 25.0 Å². The van der Waals surface area contributed by atoms with E-state index in [4.69, 9.17) is 4.74 Å². The number of aromatic nitrogens is 2. The van der Waals surface area contributed by atoms with Gasteiger partial charge in [0.1, 0.15) is 17.1 Å². The van der Waals surface area contributed by atoms with Crippen LogP contribution in [-0.2, 0) is 0 Å². The smallest absolute Gasteiger partial charge is 0.410 e. The van der Waals surface area contributed by atoms with Crippen LogP contribution in [0.25, 0.3) is 0 Å². The van der Waals surface area contributed by atoms with Gasteiger partial charge in [0.15, 0.2) is 6.04 Å². The first kappa shape index (κ1) is 20.6. The molecule has 1 N–H and O–H groups in total. The summed E-state index contributed by atoms with van der Waals surface area (Å²) in [7, 11) is 1.51. The summed E-state index contributed by atoms with van der Waals surface area (Å²) >= 11 is 0. The topological polar surface area (TPSA) is 59.4 Å². The number of carbonyl (C=O) groups excluding carboxylic acids is 1. The first-order valence-electron chi connectivity index (χ1n) is 10.2. The summed E-state index contributed by atoms with van der Waals surface area (Å²) < 4.78 is 47.7. The molecule has 1 aromatic carbocycles. The van der Waals surface area contributed by atoms with Gasteiger partial charge in [-0.3, -0.25) is 4.79 Å². The highest BCUT2D eigenvalue weighted by Gasteiger charge is 2.47. The molecular formula is C21H25F3N4O2. The number of hydrogen-bond donors (Lipinski definition) is 1. The van der Waals surface area contributed by atoms with E-state index in [-0.39, 0.29) is 23.7 Å². The number of nitrogens with one attached hydrogen (secondary N) is 1. The van der Waals surface area contributed by atoms with Crippen molar-refractivity contribution in [2.24, 2.45) is 0 Å². The average molecular weight is 422 g/mol. The molecule has 0 aliphatic carbocycles. The van der Waals surface area contributed by atoms with E-state index in [9.17, 15) is 18.0 Å². The molecule has 2 atom stereocenters. The van der Waals surface area contributed by atoms with Crippen LogP contribution in [0.4, 0.5) is 19.0 Å². The lowest BCUT2D eigenvalue weighted by atomic mass is 9.96. The number of rotatable bonds is 3. The first-order valence-corrected chi connectivity index (χ1v) is 10.2. The minimum atomic E-state index is -4.48. The number of alkyl halides is 3. The Labute approximate surface area is 173 Å². The highest BCUT2D eigenvalue weighted by molar-refractivity contribution is 5.99. The summed E-state index contributed by atoms with van der Waals surface area (Å²) in [6, 6.07) is 4.53. The van der Waals surface area contributed by atoms with Gasteiger partial charge in [0.05, 0.1) is 19.3 Å². The molecule has 9 heteroatoms. The number of anilines is 1. The highest BCUT2D eigenvalue weighted by Crippen LogP contribution is 2.44. The van der Waals surface area contributed by atoms with Gasteiger partial charge in [-0.25, -0.2) is 4.68 Å². The van der Waals surface area contributed by atoms with Crippen molar-refractivity contribution in [2.45, 2.75) is 50.4 Å². The molecule has 2 aliphatic rings. The van der Waals surface area contributed by atoms with E-state index < -0.39 is 18.3 Å². The lowest BCUT2D eigenvalue weighted by Gasteiger charge is -2.34. The van der Waals surface area contributed by atoms with Gasteiger partial charge < -0.3 is 15.0 Å². The number of hydrogen-bond acceptors (Lipinski definition) is 4. The molecule has 0 saturated carbocycles. The fraction of sp³-hybridized carbons (Fsp3) is 0.524. The number of ether oxygens (including phenoxy) is 1. The zero-order valence-electron chi connectivity index (χ0n) is 16.8. The summed E-state index contributed by atoms with van der Waals surface area (Å²) in [4.78, 5) is 14.8. The average Bonchev–Trinajstić information content (AvgIpc) is 2.97. The second-order valence-electron chi connectivity index (χ2n) is 7.82. The molecule has 3 heterocycles. The van der Waals surface area contributed by atoms with Crippen molar-refractivity contribution in [1.82, 2.24) is 14.7 Å². The van der Waals surface area contributed by atoms with Crippen molar-refractivity contribution < 1.29 is 22.7 Å². The lowest BCUT2D eigenvalue weighted by Crippen LogP contribution is -2.37. The highest BCUT2D eigenvalue weighted by atomic mass is 19.4. The third kappa shape index (κ3) is 3.97. The molecule has 4 rings (SSSR count). The van der Waals surface area contributed by atoms with E-state index in [0.717, 1.165) is 30.4 Å². The van der Waals surface area contributed by atoms with E-state index in [1.54, 1.807) is 29.2 Å². The molecular weight excluding hydrogens is 397 g/mol. The Morgan fingerprint density at radius 2 is 1.93 bits per heavy atom. The van der Waals surface area contributed by atoms with Crippen LogP contribution in [-0.4, -0.2) is 47.0 Å². The molecule has 0 unspecified atom stereocenters. The second-order valence-corrected chi connectivity index (χ2v) is 7.82. The Balaban J connectivity index is 1.70. The van der Waals surface area contributed by atoms with E-state index in [1.165, 1.54) is 13.3 Å². The third-order valence-electron chi connectivity index (χ3n) is 5.86. The number of carbonyl (C=O) groups is 1. The van der Waals surface area contributed by atoms with E-state index >= 15 is 0 Å². The molecule has 0 spiro atoms. The van der Waals surface area contributed by atoms with Crippen molar-refractivity contribution in [3.8, 4) is 5.75 Å². The maximum atomic E-state index is 13.9. The van der Waals surface area contributed by atoms with Crippen LogP contribution in [0.3, 0.4) is 0 Å². The first-order chi connectivity index (χ1) is 14.4. The minimum Gasteiger partial charge on any atom is -0.497 e. The molecule has 1 amide bonds. The SMILES string of the molecule is COc1cccc([C@H]2C[C@H](C(F)(F)F)n3ncc(C(=O)N4CCCCCC4)c3N2)c1. The number of nitrogens with zero attached hydrogens (tertiary/aromatic N) is 3. The molecule has 6 nitrogen and oxygen atoms in total. The molecule has 1 fully saturated rings. The van der Waals surface area contributed by atoms with Crippen LogP contribution in [0.1, 0.15) is 60.1 Å². The Hall–Kier alpha value is -2.71. The molecule has 0 radical (unpaired) electrons. The zero-order chi connectivity index (χ0) is 21.3. The molecule has 1 saturated heterocycles. The fourth-order valence-corrected chi connectivity index (χ4v) is 4.24. The Kier molecular flexibility index (Phi) is 5.62. The predicted molar refractivity (Wildman–Crippen MR) is 106 cm³/mol. The largest absolute Gasteiger partial charge is 0.497 e. The van der Waals surface area contributed by atoms with Gasteiger partial charge in [-0.2, -0.15) is 18.3 Å². The van der Waals surface area contributed by atoms with Crippen molar-refractivity contribution in [3.05, 3.63) is 41.6 Å². The number of likely N-dealkylation sites (tertiary alicyclic amines) is 1. The second kappa shape index (κ2) is 8.20. The molecule has 30 heavy (non-hydrogen) atoms. The Morgan fingerprint density at radius 3 is 2.60 bits per heavy atom. The number of amides is 1. The van der Waals surface area contributed by atoms with Crippen LogP contribution in [0.15, 0.2) is 30.5 Å². The lowest BCUT2D eigenvalue weighted by molar-refractivity contribution is -0.173. The quantitative estimate of drug-likeness (QED) is 0.787. The summed E-state index contributed by atoms with van der Waals surface area (Å²) in [5, 5.41) is 7.12. The summed E-state index contributed by atoms with van der Waals surface area (Å²) in [6.45, 7) is 1.23. The Morgan fingerprint density at radius 1 is 1.20 bits per heavy atom. The monoisotopic (exact) mass is 422 g/mol. The van der Waals surface area contributed by atoms with Crippen LogP contribution in [0, 0.1) is 0 Å². The molecule has 2 aromatic rings. The minimum absolute atomic E-state index is 0.130. The van der Waals surface area contributed by atoms with E-state index in [1.807, 2.05) is 0 Å².